The molecule has 0 heterocycles. The van der Waals surface area contributed by atoms with Gasteiger partial charge in [-0.1, -0.05) is 91.0 Å². The van der Waals surface area contributed by atoms with Crippen LogP contribution in [0.4, 0.5) is 0 Å². The zero-order valence-electron chi connectivity index (χ0n) is 16.3. The van der Waals surface area contributed by atoms with E-state index in [9.17, 15) is 0 Å². The average molecular weight is 370 g/mol. The SMILES string of the molecule is CN=C(N/C(=C\CNCCc1ccccc1)c1ccccc1)c1ccccc1. The Kier molecular flexibility index (Phi) is 7.59. The molecule has 3 nitrogen and oxygen atoms in total. The molecule has 0 fully saturated rings. The van der Waals surface area contributed by atoms with Crippen molar-refractivity contribution in [3.8, 4) is 0 Å². The zero-order chi connectivity index (χ0) is 19.4. The quantitative estimate of drug-likeness (QED) is 0.348. The molecular formula is C25H27N3. The van der Waals surface area contributed by atoms with Crippen molar-refractivity contribution < 1.29 is 0 Å². The Bertz CT molecular complexity index is 885. The highest BCUT2D eigenvalue weighted by Crippen LogP contribution is 2.12. The van der Waals surface area contributed by atoms with Crippen LogP contribution in [-0.2, 0) is 6.42 Å². The zero-order valence-corrected chi connectivity index (χ0v) is 16.3. The Hall–Kier alpha value is -3.17. The van der Waals surface area contributed by atoms with E-state index in [0.717, 1.165) is 42.2 Å². The topological polar surface area (TPSA) is 36.4 Å². The minimum atomic E-state index is 0.788. The highest BCUT2D eigenvalue weighted by molar-refractivity contribution is 6.03. The van der Waals surface area contributed by atoms with E-state index >= 15 is 0 Å². The maximum Gasteiger partial charge on any atom is 0.132 e. The van der Waals surface area contributed by atoms with Gasteiger partial charge in [-0.15, -0.1) is 0 Å². The van der Waals surface area contributed by atoms with Gasteiger partial charge in [0.25, 0.3) is 0 Å². The smallest absolute Gasteiger partial charge is 0.132 e. The predicted molar refractivity (Wildman–Crippen MR) is 119 cm³/mol. The van der Waals surface area contributed by atoms with Gasteiger partial charge < -0.3 is 10.6 Å². The van der Waals surface area contributed by atoms with Gasteiger partial charge >= 0.3 is 0 Å². The van der Waals surface area contributed by atoms with E-state index in [0.29, 0.717) is 0 Å². The van der Waals surface area contributed by atoms with Crippen molar-refractivity contribution in [3.63, 3.8) is 0 Å². The Morgan fingerprint density at radius 2 is 1.36 bits per heavy atom. The fourth-order valence-electron chi connectivity index (χ4n) is 2.99. The maximum absolute atomic E-state index is 4.45. The molecule has 0 bridgehead atoms. The van der Waals surface area contributed by atoms with Crippen LogP contribution in [0.25, 0.3) is 5.70 Å². The van der Waals surface area contributed by atoms with Crippen molar-refractivity contribution in [1.29, 1.82) is 0 Å². The van der Waals surface area contributed by atoms with Crippen LogP contribution >= 0.6 is 0 Å². The summed E-state index contributed by atoms with van der Waals surface area (Å²) in [5.41, 5.74) is 4.62. The third-order valence-corrected chi connectivity index (χ3v) is 4.49. The molecule has 0 spiro atoms. The molecule has 0 saturated carbocycles. The molecule has 28 heavy (non-hydrogen) atoms. The molecule has 0 amide bonds. The number of hydrogen-bond donors (Lipinski definition) is 2. The summed E-state index contributed by atoms with van der Waals surface area (Å²) in [4.78, 5) is 4.45. The second kappa shape index (κ2) is 10.9. The molecule has 0 unspecified atom stereocenters. The summed E-state index contributed by atoms with van der Waals surface area (Å²) < 4.78 is 0. The maximum atomic E-state index is 4.45. The van der Waals surface area contributed by atoms with Crippen LogP contribution in [0.2, 0.25) is 0 Å². The first-order valence-electron chi connectivity index (χ1n) is 9.66. The third-order valence-electron chi connectivity index (χ3n) is 4.49. The van der Waals surface area contributed by atoms with Gasteiger partial charge in [0.1, 0.15) is 5.84 Å². The van der Waals surface area contributed by atoms with E-state index in [1.54, 1.807) is 0 Å². The van der Waals surface area contributed by atoms with Gasteiger partial charge in [-0.3, -0.25) is 4.99 Å². The molecular weight excluding hydrogens is 342 g/mol. The Labute approximate surface area is 167 Å². The van der Waals surface area contributed by atoms with E-state index < -0.39 is 0 Å². The van der Waals surface area contributed by atoms with Crippen LogP contribution in [-0.4, -0.2) is 26.0 Å². The van der Waals surface area contributed by atoms with Crippen molar-refractivity contribution in [3.05, 3.63) is 114 Å². The van der Waals surface area contributed by atoms with Crippen molar-refractivity contribution in [1.82, 2.24) is 10.6 Å². The number of amidine groups is 1. The predicted octanol–water partition coefficient (Wildman–Crippen LogP) is 4.53. The van der Waals surface area contributed by atoms with Crippen molar-refractivity contribution in [2.45, 2.75) is 6.42 Å². The Morgan fingerprint density at radius 1 is 0.786 bits per heavy atom. The second-order valence-corrected chi connectivity index (χ2v) is 6.49. The molecule has 3 aromatic carbocycles. The summed E-state index contributed by atoms with van der Waals surface area (Å²) in [7, 11) is 1.82. The summed E-state index contributed by atoms with van der Waals surface area (Å²) in [5, 5.41) is 7.02. The molecule has 0 aliphatic carbocycles. The van der Waals surface area contributed by atoms with Crippen molar-refractivity contribution in [2.75, 3.05) is 20.1 Å². The van der Waals surface area contributed by atoms with E-state index in [-0.39, 0.29) is 0 Å². The Morgan fingerprint density at radius 3 is 1.96 bits per heavy atom. The standard InChI is InChI=1S/C25H27N3/c1-26-25(23-15-9-4-10-16-23)28-24(22-13-7-3-8-14-22)18-20-27-19-17-21-11-5-2-6-12-21/h2-16,18,27H,17,19-20H2,1H3,(H,26,28)/b24-18-. The van der Waals surface area contributed by atoms with Gasteiger partial charge in [-0.05, 0) is 30.2 Å². The first-order valence-corrected chi connectivity index (χ1v) is 9.66. The number of aliphatic imine (C=N–C) groups is 1. The van der Waals surface area contributed by atoms with Crippen LogP contribution in [0, 0.1) is 0 Å². The summed E-state index contributed by atoms with van der Waals surface area (Å²) in [6, 6.07) is 31.1. The molecule has 3 rings (SSSR count). The minimum absolute atomic E-state index is 0.788. The van der Waals surface area contributed by atoms with Gasteiger partial charge in [0.05, 0.1) is 0 Å². The van der Waals surface area contributed by atoms with Gasteiger partial charge in [-0.2, -0.15) is 0 Å². The van der Waals surface area contributed by atoms with E-state index in [2.05, 4.69) is 88.4 Å². The number of nitrogens with zero attached hydrogens (tertiary/aromatic N) is 1. The van der Waals surface area contributed by atoms with E-state index in [1.807, 2.05) is 31.3 Å². The molecule has 3 aromatic rings. The first kappa shape index (κ1) is 19.6. The Balaban J connectivity index is 1.66. The average Bonchev–Trinajstić information content (AvgIpc) is 2.77. The number of benzene rings is 3. The van der Waals surface area contributed by atoms with Crippen LogP contribution in [0.15, 0.2) is 102 Å². The lowest BCUT2D eigenvalue weighted by atomic mass is 10.1. The van der Waals surface area contributed by atoms with Gasteiger partial charge in [0, 0.05) is 24.9 Å². The molecule has 0 radical (unpaired) electrons. The summed E-state index contributed by atoms with van der Waals surface area (Å²) >= 11 is 0. The van der Waals surface area contributed by atoms with Crippen LogP contribution in [0.5, 0.6) is 0 Å². The summed E-state index contributed by atoms with van der Waals surface area (Å²) in [6.07, 6.45) is 3.21. The summed E-state index contributed by atoms with van der Waals surface area (Å²) in [6.45, 7) is 1.73. The van der Waals surface area contributed by atoms with Gasteiger partial charge in [0.15, 0.2) is 0 Å². The van der Waals surface area contributed by atoms with Crippen LogP contribution in [0.3, 0.4) is 0 Å². The normalized spacial score (nSPS) is 12.0. The molecule has 3 heteroatoms. The molecule has 0 aromatic heterocycles. The lowest BCUT2D eigenvalue weighted by Gasteiger charge is -2.14. The minimum Gasteiger partial charge on any atom is -0.340 e. The number of hydrogen-bond acceptors (Lipinski definition) is 2. The van der Waals surface area contributed by atoms with Crippen LogP contribution < -0.4 is 10.6 Å². The molecule has 0 atom stereocenters. The molecule has 142 valence electrons. The number of nitrogens with one attached hydrogen (secondary N) is 2. The number of rotatable bonds is 8. The molecule has 0 aliphatic heterocycles. The van der Waals surface area contributed by atoms with E-state index in [4.69, 9.17) is 0 Å². The highest BCUT2D eigenvalue weighted by Gasteiger charge is 2.06. The fourth-order valence-corrected chi connectivity index (χ4v) is 2.99. The highest BCUT2D eigenvalue weighted by atomic mass is 15.0. The lowest BCUT2D eigenvalue weighted by Crippen LogP contribution is -2.25. The lowest BCUT2D eigenvalue weighted by molar-refractivity contribution is 0.744. The van der Waals surface area contributed by atoms with Gasteiger partial charge in [0.2, 0.25) is 0 Å². The van der Waals surface area contributed by atoms with E-state index in [1.165, 1.54) is 5.56 Å². The fraction of sp³-hybridized carbons (Fsp3) is 0.160. The van der Waals surface area contributed by atoms with Crippen molar-refractivity contribution >= 4 is 11.5 Å². The second-order valence-electron chi connectivity index (χ2n) is 6.49. The van der Waals surface area contributed by atoms with Gasteiger partial charge in [-0.25, -0.2) is 0 Å². The third kappa shape index (κ3) is 5.93. The largest absolute Gasteiger partial charge is 0.340 e. The molecule has 0 aliphatic rings. The van der Waals surface area contributed by atoms with Crippen LogP contribution in [0.1, 0.15) is 16.7 Å². The molecule has 2 N–H and O–H groups in total. The van der Waals surface area contributed by atoms with Crippen molar-refractivity contribution in [2.24, 2.45) is 4.99 Å². The first-order chi connectivity index (χ1) is 13.9. The molecule has 0 saturated heterocycles. The monoisotopic (exact) mass is 369 g/mol. The summed E-state index contributed by atoms with van der Waals surface area (Å²) in [5.74, 6) is 0.861.